The molecule has 1 atom stereocenters. The molecule has 3 aromatic rings. The number of benzene rings is 2. The van der Waals surface area contributed by atoms with Gasteiger partial charge in [-0.3, -0.25) is 4.79 Å². The Balaban J connectivity index is 1.52. The number of aromatic nitrogens is 2. The summed E-state index contributed by atoms with van der Waals surface area (Å²) in [4.78, 5) is 19.4. The number of fused-ring (bicyclic) bond motifs is 1. The Morgan fingerprint density at radius 2 is 2.10 bits per heavy atom. The number of rotatable bonds is 7. The molecule has 0 spiro atoms. The third-order valence-electron chi connectivity index (χ3n) is 5.78. The van der Waals surface area contributed by atoms with E-state index >= 15 is 0 Å². The van der Waals surface area contributed by atoms with Crippen LogP contribution < -0.4 is 4.74 Å². The molecule has 1 aromatic heterocycles. The van der Waals surface area contributed by atoms with Crippen LogP contribution in [0.2, 0.25) is 5.02 Å². The van der Waals surface area contributed by atoms with Crippen LogP contribution in [0.3, 0.4) is 0 Å². The Labute approximate surface area is 182 Å². The average molecular weight is 426 g/mol. The van der Waals surface area contributed by atoms with Gasteiger partial charge in [-0.2, -0.15) is 0 Å². The zero-order chi connectivity index (χ0) is 21.1. The predicted octanol–water partition coefficient (Wildman–Crippen LogP) is 5.54. The molecular weight excluding hydrogens is 398 g/mol. The molecule has 4 rings (SSSR count). The fourth-order valence-electron chi connectivity index (χ4n) is 4.24. The SMILES string of the molecule is CCC(=O)N1CCC[C@@H]1c1nc2ccccc2n1CCCOc1ccc(Cl)c(C)c1. The predicted molar refractivity (Wildman–Crippen MR) is 120 cm³/mol. The fourth-order valence-corrected chi connectivity index (χ4v) is 4.36. The van der Waals surface area contributed by atoms with Gasteiger partial charge in [0.05, 0.1) is 23.7 Å². The number of para-hydroxylation sites is 2. The van der Waals surface area contributed by atoms with Gasteiger partial charge in [0.25, 0.3) is 0 Å². The lowest BCUT2D eigenvalue weighted by molar-refractivity contribution is -0.131. The Hall–Kier alpha value is -2.53. The highest BCUT2D eigenvalue weighted by Crippen LogP contribution is 2.34. The van der Waals surface area contributed by atoms with Crippen molar-refractivity contribution in [3.8, 4) is 5.75 Å². The lowest BCUT2D eigenvalue weighted by atomic mass is 10.2. The summed E-state index contributed by atoms with van der Waals surface area (Å²) in [5.74, 6) is 2.04. The van der Waals surface area contributed by atoms with Crippen molar-refractivity contribution >= 4 is 28.5 Å². The van der Waals surface area contributed by atoms with Gasteiger partial charge in [-0.25, -0.2) is 4.98 Å². The van der Waals surface area contributed by atoms with Crippen molar-refractivity contribution in [2.45, 2.75) is 52.1 Å². The van der Waals surface area contributed by atoms with E-state index in [0.717, 1.165) is 65.5 Å². The topological polar surface area (TPSA) is 47.4 Å². The number of amides is 1. The molecule has 158 valence electrons. The van der Waals surface area contributed by atoms with E-state index in [9.17, 15) is 4.79 Å². The molecule has 1 saturated heterocycles. The first-order valence-electron chi connectivity index (χ1n) is 10.7. The van der Waals surface area contributed by atoms with Crippen LogP contribution in [0.1, 0.15) is 50.0 Å². The molecule has 0 unspecified atom stereocenters. The number of carbonyl (C=O) groups excluding carboxylic acids is 1. The zero-order valence-corrected chi connectivity index (χ0v) is 18.4. The van der Waals surface area contributed by atoms with Crippen LogP contribution in [-0.4, -0.2) is 33.5 Å². The summed E-state index contributed by atoms with van der Waals surface area (Å²) in [7, 11) is 0. The van der Waals surface area contributed by atoms with E-state index in [2.05, 4.69) is 10.6 Å². The second-order valence-corrected chi connectivity index (χ2v) is 8.23. The van der Waals surface area contributed by atoms with Gasteiger partial charge in [-0.15, -0.1) is 0 Å². The van der Waals surface area contributed by atoms with Crippen LogP contribution in [0.4, 0.5) is 0 Å². The highest BCUT2D eigenvalue weighted by atomic mass is 35.5. The number of likely N-dealkylation sites (tertiary alicyclic amines) is 1. The van der Waals surface area contributed by atoms with Crippen molar-refractivity contribution in [3.05, 3.63) is 58.9 Å². The zero-order valence-electron chi connectivity index (χ0n) is 17.6. The largest absolute Gasteiger partial charge is 0.494 e. The number of aryl methyl sites for hydroxylation is 2. The van der Waals surface area contributed by atoms with Crippen molar-refractivity contribution in [2.24, 2.45) is 0 Å². The van der Waals surface area contributed by atoms with E-state index < -0.39 is 0 Å². The highest BCUT2D eigenvalue weighted by molar-refractivity contribution is 6.31. The quantitative estimate of drug-likeness (QED) is 0.467. The smallest absolute Gasteiger partial charge is 0.222 e. The lowest BCUT2D eigenvalue weighted by Crippen LogP contribution is -2.31. The molecule has 1 amide bonds. The minimum Gasteiger partial charge on any atom is -0.494 e. The van der Waals surface area contributed by atoms with Crippen molar-refractivity contribution in [3.63, 3.8) is 0 Å². The monoisotopic (exact) mass is 425 g/mol. The summed E-state index contributed by atoms with van der Waals surface area (Å²) in [6.07, 6.45) is 3.38. The van der Waals surface area contributed by atoms with Crippen LogP contribution >= 0.6 is 11.6 Å². The van der Waals surface area contributed by atoms with Gasteiger partial charge in [0.15, 0.2) is 0 Å². The normalized spacial score (nSPS) is 16.4. The lowest BCUT2D eigenvalue weighted by Gasteiger charge is -2.25. The number of hydrogen-bond donors (Lipinski definition) is 0. The van der Waals surface area contributed by atoms with E-state index in [-0.39, 0.29) is 11.9 Å². The molecule has 2 aromatic carbocycles. The molecule has 0 bridgehead atoms. The molecule has 1 aliphatic rings. The third-order valence-corrected chi connectivity index (χ3v) is 6.21. The maximum Gasteiger partial charge on any atom is 0.222 e. The fraction of sp³-hybridized carbons (Fsp3) is 0.417. The molecule has 2 heterocycles. The van der Waals surface area contributed by atoms with Crippen LogP contribution in [0, 0.1) is 6.92 Å². The van der Waals surface area contributed by atoms with Crippen molar-refractivity contribution < 1.29 is 9.53 Å². The number of carbonyl (C=O) groups is 1. The Kier molecular flexibility index (Phi) is 6.28. The van der Waals surface area contributed by atoms with Crippen molar-refractivity contribution in [1.29, 1.82) is 0 Å². The number of ether oxygens (including phenoxy) is 1. The molecule has 1 fully saturated rings. The maximum absolute atomic E-state index is 12.5. The van der Waals surface area contributed by atoms with Crippen LogP contribution in [-0.2, 0) is 11.3 Å². The third kappa shape index (κ3) is 4.17. The van der Waals surface area contributed by atoms with Gasteiger partial charge >= 0.3 is 0 Å². The Bertz CT molecular complexity index is 1050. The van der Waals surface area contributed by atoms with Gasteiger partial charge in [0.2, 0.25) is 5.91 Å². The van der Waals surface area contributed by atoms with Gasteiger partial charge < -0.3 is 14.2 Å². The molecule has 0 saturated carbocycles. The summed E-state index contributed by atoms with van der Waals surface area (Å²) in [5.41, 5.74) is 3.11. The van der Waals surface area contributed by atoms with Crippen molar-refractivity contribution in [1.82, 2.24) is 14.5 Å². The average Bonchev–Trinajstić information content (AvgIpc) is 3.38. The van der Waals surface area contributed by atoms with Crippen molar-refractivity contribution in [2.75, 3.05) is 13.2 Å². The van der Waals surface area contributed by atoms with E-state index in [0.29, 0.717) is 13.0 Å². The number of halogens is 1. The minimum absolute atomic E-state index is 0.0599. The molecular formula is C24H28ClN3O2. The summed E-state index contributed by atoms with van der Waals surface area (Å²) >= 11 is 6.10. The number of hydrogen-bond acceptors (Lipinski definition) is 3. The van der Waals surface area contributed by atoms with E-state index in [1.165, 1.54) is 0 Å². The number of imidazole rings is 1. The van der Waals surface area contributed by atoms with E-state index in [4.69, 9.17) is 21.3 Å². The summed E-state index contributed by atoms with van der Waals surface area (Å²) < 4.78 is 8.21. The first kappa shape index (κ1) is 20.7. The van der Waals surface area contributed by atoms with E-state index in [1.807, 2.05) is 55.1 Å². The van der Waals surface area contributed by atoms with Crippen LogP contribution in [0.5, 0.6) is 5.75 Å². The van der Waals surface area contributed by atoms with Gasteiger partial charge in [-0.05, 0) is 62.1 Å². The summed E-state index contributed by atoms with van der Waals surface area (Å²) in [5, 5.41) is 0.750. The molecule has 0 aliphatic carbocycles. The molecule has 1 aliphatic heterocycles. The molecule has 6 heteroatoms. The first-order valence-corrected chi connectivity index (χ1v) is 11.1. The standard InChI is InChI=1S/C24H28ClN3O2/c1-3-23(29)27-13-6-10-22(27)24-26-20-8-4-5-9-21(20)28(24)14-7-15-30-18-11-12-19(25)17(2)16-18/h4-5,8-9,11-12,16,22H,3,6-7,10,13-15H2,1-2H3/t22-/m1/s1. The number of nitrogens with zero attached hydrogens (tertiary/aromatic N) is 3. The van der Waals surface area contributed by atoms with Gasteiger partial charge in [0.1, 0.15) is 11.6 Å². The summed E-state index contributed by atoms with van der Waals surface area (Å²) in [6, 6.07) is 14.0. The van der Waals surface area contributed by atoms with Crippen LogP contribution in [0.15, 0.2) is 42.5 Å². The van der Waals surface area contributed by atoms with Crippen LogP contribution in [0.25, 0.3) is 11.0 Å². The Morgan fingerprint density at radius 1 is 1.27 bits per heavy atom. The maximum atomic E-state index is 12.5. The second kappa shape index (κ2) is 9.09. The molecule has 0 radical (unpaired) electrons. The second-order valence-electron chi connectivity index (χ2n) is 7.82. The minimum atomic E-state index is 0.0599. The van der Waals surface area contributed by atoms with E-state index in [1.54, 1.807) is 0 Å². The highest BCUT2D eigenvalue weighted by Gasteiger charge is 2.32. The molecule has 30 heavy (non-hydrogen) atoms. The molecule has 5 nitrogen and oxygen atoms in total. The summed E-state index contributed by atoms with van der Waals surface area (Å²) in [6.45, 7) is 6.13. The molecule has 0 N–H and O–H groups in total. The first-order chi connectivity index (χ1) is 14.6. The Morgan fingerprint density at radius 3 is 2.90 bits per heavy atom. The van der Waals surface area contributed by atoms with Gasteiger partial charge in [-0.1, -0.05) is 30.7 Å². The van der Waals surface area contributed by atoms with Gasteiger partial charge in [0, 0.05) is 24.5 Å².